The van der Waals surface area contributed by atoms with Crippen molar-refractivity contribution in [2.24, 2.45) is 5.92 Å². The average molecular weight is 284 g/mol. The van der Waals surface area contributed by atoms with Crippen LogP contribution in [-0.4, -0.2) is 22.7 Å². The van der Waals surface area contributed by atoms with Crippen molar-refractivity contribution >= 4 is 21.8 Å². The zero-order valence-electron chi connectivity index (χ0n) is 9.06. The highest BCUT2D eigenvalue weighted by atomic mass is 79.9. The molecule has 2 atom stereocenters. The monoisotopic (exact) mass is 283 g/mol. The molecule has 1 fully saturated rings. The summed E-state index contributed by atoms with van der Waals surface area (Å²) in [7, 11) is 0. The van der Waals surface area contributed by atoms with Crippen LogP contribution >= 0.6 is 15.9 Å². The van der Waals surface area contributed by atoms with Gasteiger partial charge in [-0.3, -0.25) is 10.0 Å². The van der Waals surface area contributed by atoms with E-state index in [9.17, 15) is 10.0 Å². The minimum Gasteiger partial charge on any atom is -0.286 e. The molecule has 1 aliphatic carbocycles. The number of carbonyl (C=O) groups is 1. The maximum absolute atomic E-state index is 10.9. The summed E-state index contributed by atoms with van der Waals surface area (Å²) in [5.74, 6) is 0.596. The lowest BCUT2D eigenvalue weighted by Crippen LogP contribution is -2.27. The van der Waals surface area contributed by atoms with Gasteiger partial charge >= 0.3 is 0 Å². The van der Waals surface area contributed by atoms with Crippen LogP contribution in [0.4, 0.5) is 0 Å². The Morgan fingerprint density at radius 3 is 2.69 bits per heavy atom. The lowest BCUT2D eigenvalue weighted by Gasteiger charge is -2.11. The quantitative estimate of drug-likeness (QED) is 0.685. The van der Waals surface area contributed by atoms with Crippen molar-refractivity contribution in [3.63, 3.8) is 0 Å². The van der Waals surface area contributed by atoms with Crippen molar-refractivity contribution in [3.05, 3.63) is 34.3 Å². The maximum atomic E-state index is 10.9. The summed E-state index contributed by atoms with van der Waals surface area (Å²) >= 11 is 3.40. The van der Waals surface area contributed by atoms with E-state index in [0.29, 0.717) is 18.4 Å². The van der Waals surface area contributed by atoms with E-state index in [0.717, 1.165) is 16.0 Å². The Kier molecular flexibility index (Phi) is 3.30. The molecule has 0 aromatic heterocycles. The number of halogens is 1. The van der Waals surface area contributed by atoms with E-state index < -0.39 is 0 Å². The molecule has 2 rings (SSSR count). The van der Waals surface area contributed by atoms with Gasteiger partial charge in [-0.1, -0.05) is 28.1 Å². The van der Waals surface area contributed by atoms with Crippen molar-refractivity contribution in [1.29, 1.82) is 0 Å². The highest BCUT2D eigenvalue weighted by Crippen LogP contribution is 2.47. The number of carbonyl (C=O) groups excluding carboxylic acids is 1. The first-order valence-corrected chi connectivity index (χ1v) is 6.09. The number of nitrogens with zero attached hydrogens (tertiary/aromatic N) is 1. The molecule has 0 bridgehead atoms. The molecule has 0 spiro atoms. The molecular weight excluding hydrogens is 270 g/mol. The number of hydrogen-bond acceptors (Lipinski definition) is 2. The molecule has 4 heteroatoms. The molecule has 0 saturated heterocycles. The molecule has 0 radical (unpaired) electrons. The van der Waals surface area contributed by atoms with E-state index in [-0.39, 0.29) is 5.91 Å². The van der Waals surface area contributed by atoms with Gasteiger partial charge in [-0.05, 0) is 36.0 Å². The Morgan fingerprint density at radius 1 is 1.50 bits per heavy atom. The fourth-order valence-electron chi connectivity index (χ4n) is 1.92. The van der Waals surface area contributed by atoms with E-state index in [1.165, 1.54) is 12.5 Å². The molecular formula is C12H14BrNO2. The summed E-state index contributed by atoms with van der Waals surface area (Å²) in [6.45, 7) is 1.81. The number of amides is 1. The summed E-state index contributed by atoms with van der Waals surface area (Å²) < 4.78 is 1.07. The summed E-state index contributed by atoms with van der Waals surface area (Å²) in [6.07, 6.45) is 1.05. The molecule has 1 saturated carbocycles. The third-order valence-corrected chi connectivity index (χ3v) is 3.52. The van der Waals surface area contributed by atoms with Crippen LogP contribution < -0.4 is 0 Å². The summed E-state index contributed by atoms with van der Waals surface area (Å²) in [5, 5.41) is 10.1. The van der Waals surface area contributed by atoms with E-state index in [2.05, 4.69) is 28.1 Å². The Bertz CT molecular complexity index is 391. The van der Waals surface area contributed by atoms with Crippen molar-refractivity contribution in [2.75, 3.05) is 6.54 Å². The van der Waals surface area contributed by atoms with Crippen molar-refractivity contribution in [1.82, 2.24) is 5.06 Å². The molecule has 0 aliphatic heterocycles. The Labute approximate surface area is 103 Å². The molecule has 0 heterocycles. The van der Waals surface area contributed by atoms with E-state index in [1.54, 1.807) is 0 Å². The normalized spacial score (nSPS) is 22.9. The highest BCUT2D eigenvalue weighted by molar-refractivity contribution is 9.10. The third kappa shape index (κ3) is 2.62. The first-order chi connectivity index (χ1) is 7.58. The minimum absolute atomic E-state index is 0.290. The summed E-state index contributed by atoms with van der Waals surface area (Å²) in [4.78, 5) is 10.9. The smallest absolute Gasteiger partial charge is 0.242 e. The van der Waals surface area contributed by atoms with E-state index in [1.807, 2.05) is 12.1 Å². The van der Waals surface area contributed by atoms with Gasteiger partial charge in [-0.2, -0.15) is 0 Å². The standard InChI is InChI=1S/C12H14BrNO2/c1-8(15)14(16)7-10-6-12(10)9-2-4-11(13)5-3-9/h2-5,10,12,16H,6-7H2,1H3. The molecule has 3 nitrogen and oxygen atoms in total. The maximum Gasteiger partial charge on any atom is 0.242 e. The first-order valence-electron chi connectivity index (χ1n) is 5.30. The van der Waals surface area contributed by atoms with Gasteiger partial charge in [0.25, 0.3) is 0 Å². The first kappa shape index (κ1) is 11.6. The van der Waals surface area contributed by atoms with Crippen LogP contribution in [0.15, 0.2) is 28.7 Å². The van der Waals surface area contributed by atoms with Gasteiger partial charge in [0.2, 0.25) is 5.91 Å². The predicted molar refractivity (Wildman–Crippen MR) is 64.2 cm³/mol. The van der Waals surface area contributed by atoms with E-state index >= 15 is 0 Å². The molecule has 2 unspecified atom stereocenters. The van der Waals surface area contributed by atoms with Gasteiger partial charge in [0.15, 0.2) is 0 Å². The molecule has 1 N–H and O–H groups in total. The second kappa shape index (κ2) is 4.55. The van der Waals surface area contributed by atoms with Gasteiger partial charge in [-0.15, -0.1) is 0 Å². The topological polar surface area (TPSA) is 40.5 Å². The second-order valence-electron chi connectivity index (χ2n) is 4.25. The largest absolute Gasteiger partial charge is 0.286 e. The van der Waals surface area contributed by atoms with Crippen LogP contribution in [0.5, 0.6) is 0 Å². The summed E-state index contributed by atoms with van der Waals surface area (Å²) in [5.41, 5.74) is 1.28. The Morgan fingerprint density at radius 2 is 2.12 bits per heavy atom. The van der Waals surface area contributed by atoms with Crippen molar-refractivity contribution in [3.8, 4) is 0 Å². The number of hydroxylamine groups is 2. The van der Waals surface area contributed by atoms with Crippen LogP contribution in [0, 0.1) is 5.92 Å². The van der Waals surface area contributed by atoms with Gasteiger partial charge < -0.3 is 0 Å². The van der Waals surface area contributed by atoms with Crippen LogP contribution in [0.25, 0.3) is 0 Å². The van der Waals surface area contributed by atoms with Gasteiger partial charge in [-0.25, -0.2) is 5.06 Å². The Hall–Kier alpha value is -0.870. The van der Waals surface area contributed by atoms with Gasteiger partial charge in [0, 0.05) is 11.4 Å². The number of rotatable bonds is 3. The second-order valence-corrected chi connectivity index (χ2v) is 5.17. The zero-order valence-corrected chi connectivity index (χ0v) is 10.6. The molecule has 1 aliphatic rings. The highest BCUT2D eigenvalue weighted by Gasteiger charge is 2.39. The number of hydrogen-bond donors (Lipinski definition) is 1. The average Bonchev–Trinajstić information content (AvgIpc) is 2.98. The zero-order chi connectivity index (χ0) is 11.7. The van der Waals surface area contributed by atoms with E-state index in [4.69, 9.17) is 0 Å². The van der Waals surface area contributed by atoms with Crippen molar-refractivity contribution in [2.45, 2.75) is 19.3 Å². The van der Waals surface area contributed by atoms with Crippen LogP contribution in [0.2, 0.25) is 0 Å². The van der Waals surface area contributed by atoms with Crippen LogP contribution in [0.1, 0.15) is 24.8 Å². The number of benzene rings is 1. The molecule has 1 amide bonds. The van der Waals surface area contributed by atoms with Gasteiger partial charge in [0.1, 0.15) is 0 Å². The molecule has 1 aromatic rings. The van der Waals surface area contributed by atoms with Crippen LogP contribution in [0.3, 0.4) is 0 Å². The molecule has 16 heavy (non-hydrogen) atoms. The predicted octanol–water partition coefficient (Wildman–Crippen LogP) is 2.79. The summed E-state index contributed by atoms with van der Waals surface area (Å²) in [6, 6.07) is 8.22. The lowest BCUT2D eigenvalue weighted by atomic mass is 10.1. The fraction of sp³-hybridized carbons (Fsp3) is 0.417. The fourth-order valence-corrected chi connectivity index (χ4v) is 2.18. The third-order valence-electron chi connectivity index (χ3n) is 2.99. The molecule has 1 aromatic carbocycles. The SMILES string of the molecule is CC(=O)N(O)CC1CC1c1ccc(Br)cc1. The lowest BCUT2D eigenvalue weighted by molar-refractivity contribution is -0.163. The Balaban J connectivity index is 1.91. The minimum atomic E-state index is -0.290. The van der Waals surface area contributed by atoms with Gasteiger partial charge in [0.05, 0.1) is 6.54 Å². The van der Waals surface area contributed by atoms with Crippen LogP contribution in [-0.2, 0) is 4.79 Å². The molecule has 86 valence electrons. The van der Waals surface area contributed by atoms with Crippen molar-refractivity contribution < 1.29 is 10.0 Å².